The van der Waals surface area contributed by atoms with Crippen molar-refractivity contribution in [3.8, 4) is 0 Å². The lowest BCUT2D eigenvalue weighted by Crippen LogP contribution is -2.47. The SMILES string of the molecule is CC(S)N1CCC(O)(Cc2ccccn2)CC1. The average molecular weight is 252 g/mol. The van der Waals surface area contributed by atoms with Crippen LogP contribution in [0.2, 0.25) is 0 Å². The first-order chi connectivity index (χ1) is 8.09. The molecule has 94 valence electrons. The number of rotatable bonds is 3. The molecule has 1 saturated heterocycles. The van der Waals surface area contributed by atoms with Crippen LogP contribution in [0.3, 0.4) is 0 Å². The number of piperidine rings is 1. The van der Waals surface area contributed by atoms with E-state index in [9.17, 15) is 5.11 Å². The molecule has 1 aliphatic rings. The van der Waals surface area contributed by atoms with Crippen molar-refractivity contribution in [2.24, 2.45) is 0 Å². The van der Waals surface area contributed by atoms with Crippen LogP contribution in [0.5, 0.6) is 0 Å². The Bertz CT molecular complexity index is 348. The first-order valence-electron chi connectivity index (χ1n) is 6.13. The third-order valence-electron chi connectivity index (χ3n) is 3.49. The van der Waals surface area contributed by atoms with Gasteiger partial charge in [-0.2, -0.15) is 12.6 Å². The van der Waals surface area contributed by atoms with Crippen molar-refractivity contribution >= 4 is 12.6 Å². The van der Waals surface area contributed by atoms with Crippen LogP contribution in [0.4, 0.5) is 0 Å². The van der Waals surface area contributed by atoms with Gasteiger partial charge in [0.15, 0.2) is 0 Å². The largest absolute Gasteiger partial charge is 0.389 e. The predicted octanol–water partition coefficient (Wildman–Crippen LogP) is 1.73. The maximum absolute atomic E-state index is 10.5. The Morgan fingerprint density at radius 3 is 2.71 bits per heavy atom. The highest BCUT2D eigenvalue weighted by molar-refractivity contribution is 7.80. The second kappa shape index (κ2) is 5.38. The van der Waals surface area contributed by atoms with Gasteiger partial charge in [0.1, 0.15) is 0 Å². The van der Waals surface area contributed by atoms with Crippen LogP contribution in [0, 0.1) is 0 Å². The summed E-state index contributed by atoms with van der Waals surface area (Å²) in [6.45, 7) is 3.90. The smallest absolute Gasteiger partial charge is 0.0727 e. The van der Waals surface area contributed by atoms with E-state index < -0.39 is 5.60 Å². The molecule has 0 radical (unpaired) electrons. The molecule has 1 aliphatic heterocycles. The van der Waals surface area contributed by atoms with Crippen LogP contribution in [0.1, 0.15) is 25.5 Å². The van der Waals surface area contributed by atoms with Gasteiger partial charge in [0.05, 0.1) is 5.60 Å². The first kappa shape index (κ1) is 12.9. The number of aromatic nitrogens is 1. The molecule has 0 spiro atoms. The molecule has 0 saturated carbocycles. The number of aliphatic hydroxyl groups is 1. The van der Waals surface area contributed by atoms with E-state index in [-0.39, 0.29) is 5.37 Å². The third kappa shape index (κ3) is 3.44. The molecule has 1 aromatic heterocycles. The summed E-state index contributed by atoms with van der Waals surface area (Å²) in [4.78, 5) is 6.57. The summed E-state index contributed by atoms with van der Waals surface area (Å²) in [6.07, 6.45) is 4.04. The van der Waals surface area contributed by atoms with Crippen molar-refractivity contribution in [3.05, 3.63) is 30.1 Å². The van der Waals surface area contributed by atoms with Crippen molar-refractivity contribution in [2.75, 3.05) is 13.1 Å². The standard InChI is InChI=1S/C13H20N2OS/c1-11(17)15-8-5-13(16,6-9-15)10-12-4-2-3-7-14-12/h2-4,7,11,16-17H,5-6,8-10H2,1H3. The zero-order chi connectivity index (χ0) is 12.3. The van der Waals surface area contributed by atoms with Crippen molar-refractivity contribution < 1.29 is 5.11 Å². The number of hydrogen-bond donors (Lipinski definition) is 2. The van der Waals surface area contributed by atoms with E-state index in [4.69, 9.17) is 0 Å². The Hall–Kier alpha value is -0.580. The summed E-state index contributed by atoms with van der Waals surface area (Å²) in [5.41, 5.74) is 0.385. The molecule has 2 heterocycles. The Labute approximate surface area is 108 Å². The molecule has 1 N–H and O–H groups in total. The minimum absolute atomic E-state index is 0.273. The van der Waals surface area contributed by atoms with E-state index in [1.54, 1.807) is 6.20 Å². The van der Waals surface area contributed by atoms with Crippen LogP contribution in [-0.4, -0.2) is 39.1 Å². The molecule has 1 atom stereocenters. The molecule has 0 amide bonds. The molecule has 1 fully saturated rings. The lowest BCUT2D eigenvalue weighted by molar-refractivity contribution is -0.0224. The number of nitrogens with zero attached hydrogens (tertiary/aromatic N) is 2. The van der Waals surface area contributed by atoms with Crippen molar-refractivity contribution in [1.82, 2.24) is 9.88 Å². The lowest BCUT2D eigenvalue weighted by Gasteiger charge is -2.39. The highest BCUT2D eigenvalue weighted by Crippen LogP contribution is 2.27. The van der Waals surface area contributed by atoms with E-state index in [0.29, 0.717) is 6.42 Å². The molecule has 0 aliphatic carbocycles. The summed E-state index contributed by atoms with van der Waals surface area (Å²) in [5.74, 6) is 0. The third-order valence-corrected chi connectivity index (χ3v) is 3.82. The fraction of sp³-hybridized carbons (Fsp3) is 0.615. The molecule has 0 bridgehead atoms. The van der Waals surface area contributed by atoms with Gasteiger partial charge in [0, 0.05) is 36.8 Å². The Kier molecular flexibility index (Phi) is 4.07. The molecular formula is C13H20N2OS. The Morgan fingerprint density at radius 2 is 2.18 bits per heavy atom. The molecule has 4 heteroatoms. The van der Waals surface area contributed by atoms with Gasteiger partial charge in [-0.1, -0.05) is 6.07 Å². The number of likely N-dealkylation sites (tertiary alicyclic amines) is 1. The normalized spacial score (nSPS) is 22.3. The molecular weight excluding hydrogens is 232 g/mol. The molecule has 3 nitrogen and oxygen atoms in total. The topological polar surface area (TPSA) is 36.4 Å². The van der Waals surface area contributed by atoms with Crippen molar-refractivity contribution in [2.45, 2.75) is 37.2 Å². The van der Waals surface area contributed by atoms with Gasteiger partial charge in [-0.3, -0.25) is 9.88 Å². The molecule has 0 aromatic carbocycles. The highest BCUT2D eigenvalue weighted by atomic mass is 32.1. The zero-order valence-corrected chi connectivity index (χ0v) is 11.1. The second-order valence-electron chi connectivity index (χ2n) is 4.89. The summed E-state index contributed by atoms with van der Waals surface area (Å²) >= 11 is 4.43. The quantitative estimate of drug-likeness (QED) is 0.804. The molecule has 1 aromatic rings. The first-order valence-corrected chi connectivity index (χ1v) is 6.65. The molecule has 2 rings (SSSR count). The average Bonchev–Trinajstić information content (AvgIpc) is 2.30. The minimum Gasteiger partial charge on any atom is -0.389 e. The number of pyridine rings is 1. The van der Waals surface area contributed by atoms with Crippen LogP contribution in [0.25, 0.3) is 0 Å². The zero-order valence-electron chi connectivity index (χ0n) is 10.2. The van der Waals surface area contributed by atoms with Gasteiger partial charge in [0.25, 0.3) is 0 Å². The lowest BCUT2D eigenvalue weighted by atomic mass is 9.87. The van der Waals surface area contributed by atoms with E-state index in [1.165, 1.54) is 0 Å². The van der Waals surface area contributed by atoms with Crippen LogP contribution in [0.15, 0.2) is 24.4 Å². The maximum atomic E-state index is 10.5. The van der Waals surface area contributed by atoms with Crippen LogP contribution < -0.4 is 0 Å². The van der Waals surface area contributed by atoms with Gasteiger partial charge in [0.2, 0.25) is 0 Å². The second-order valence-corrected chi connectivity index (χ2v) is 5.64. The summed E-state index contributed by atoms with van der Waals surface area (Å²) in [7, 11) is 0. The molecule has 17 heavy (non-hydrogen) atoms. The van der Waals surface area contributed by atoms with Crippen molar-refractivity contribution in [3.63, 3.8) is 0 Å². The fourth-order valence-electron chi connectivity index (χ4n) is 2.33. The number of thiol groups is 1. The Morgan fingerprint density at radius 1 is 1.47 bits per heavy atom. The van der Waals surface area contributed by atoms with E-state index in [0.717, 1.165) is 31.6 Å². The summed E-state index contributed by atoms with van der Waals surface area (Å²) in [5, 5.41) is 10.8. The molecule has 1 unspecified atom stereocenters. The van der Waals surface area contributed by atoms with Gasteiger partial charge >= 0.3 is 0 Å². The van der Waals surface area contributed by atoms with Gasteiger partial charge in [-0.25, -0.2) is 0 Å². The Balaban J connectivity index is 1.94. The van der Waals surface area contributed by atoms with Crippen molar-refractivity contribution in [1.29, 1.82) is 0 Å². The predicted molar refractivity (Wildman–Crippen MR) is 72.1 cm³/mol. The van der Waals surface area contributed by atoms with E-state index in [1.807, 2.05) is 18.2 Å². The minimum atomic E-state index is -0.590. The van der Waals surface area contributed by atoms with Gasteiger partial charge in [-0.05, 0) is 31.9 Å². The fourth-order valence-corrected chi connectivity index (χ4v) is 2.56. The monoisotopic (exact) mass is 252 g/mol. The summed E-state index contributed by atoms with van der Waals surface area (Å²) in [6, 6.07) is 5.85. The maximum Gasteiger partial charge on any atom is 0.0727 e. The van der Waals surface area contributed by atoms with Crippen LogP contribution >= 0.6 is 12.6 Å². The highest BCUT2D eigenvalue weighted by Gasteiger charge is 2.33. The van der Waals surface area contributed by atoms with Gasteiger partial charge < -0.3 is 5.11 Å². The van der Waals surface area contributed by atoms with E-state index >= 15 is 0 Å². The summed E-state index contributed by atoms with van der Waals surface area (Å²) < 4.78 is 0. The van der Waals surface area contributed by atoms with E-state index in [2.05, 4.69) is 29.4 Å². The number of hydrogen-bond acceptors (Lipinski definition) is 4. The van der Waals surface area contributed by atoms with Crippen LogP contribution in [-0.2, 0) is 6.42 Å². The van der Waals surface area contributed by atoms with Gasteiger partial charge in [-0.15, -0.1) is 0 Å².